The Kier molecular flexibility index (Phi) is 5.84. The van der Waals surface area contributed by atoms with Gasteiger partial charge < -0.3 is 24.5 Å². The largest absolute Gasteiger partial charge is 0.386 e. The molecule has 2 aromatic heterocycles. The molecule has 1 aliphatic heterocycles. The van der Waals surface area contributed by atoms with Crippen molar-refractivity contribution >= 4 is 38.2 Å². The van der Waals surface area contributed by atoms with Gasteiger partial charge in [-0.05, 0) is 43.7 Å². The van der Waals surface area contributed by atoms with Crippen molar-refractivity contribution in [3.63, 3.8) is 0 Å². The quantitative estimate of drug-likeness (QED) is 0.524. The lowest BCUT2D eigenvalue weighted by atomic mass is 10.0. The van der Waals surface area contributed by atoms with Crippen LogP contribution < -0.4 is 10.0 Å². The van der Waals surface area contributed by atoms with Crippen molar-refractivity contribution in [2.45, 2.75) is 31.8 Å². The highest BCUT2D eigenvalue weighted by atomic mass is 32.2. The summed E-state index contributed by atoms with van der Waals surface area (Å²) in [6.07, 6.45) is 1.70. The topological polar surface area (TPSA) is 128 Å². The summed E-state index contributed by atoms with van der Waals surface area (Å²) in [4.78, 5) is 8.84. The molecule has 166 valence electrons. The van der Waals surface area contributed by atoms with Crippen LogP contribution in [0.25, 0.3) is 11.0 Å². The number of benzene rings is 1. The van der Waals surface area contributed by atoms with E-state index in [1.165, 1.54) is 13.4 Å². The molecule has 0 unspecified atom stereocenters. The molecule has 0 bridgehead atoms. The van der Waals surface area contributed by atoms with E-state index in [9.17, 15) is 13.5 Å². The number of hydrogen-bond donors (Lipinski definition) is 3. The van der Waals surface area contributed by atoms with Gasteiger partial charge in [0.05, 0.1) is 24.3 Å². The molecule has 3 N–H and O–H groups in total. The van der Waals surface area contributed by atoms with Gasteiger partial charge in [0.25, 0.3) is 0 Å². The number of sulfonamides is 1. The predicted molar refractivity (Wildman–Crippen MR) is 117 cm³/mol. The van der Waals surface area contributed by atoms with E-state index in [0.29, 0.717) is 30.2 Å². The lowest BCUT2D eigenvalue weighted by molar-refractivity contribution is -0.215. The van der Waals surface area contributed by atoms with Gasteiger partial charge in [0.1, 0.15) is 23.9 Å². The second kappa shape index (κ2) is 8.42. The summed E-state index contributed by atoms with van der Waals surface area (Å²) in [6, 6.07) is 8.60. The van der Waals surface area contributed by atoms with Crippen LogP contribution in [0.5, 0.6) is 0 Å². The Morgan fingerprint density at radius 1 is 1.23 bits per heavy atom. The SMILES string of the molecule is CO[C@H]1OCC[C@H](n2c(C)cc3c(Nc4ccc(NS(C)(=O)=O)cc4)ncnc32)[C@H]1O. The molecule has 3 atom stereocenters. The van der Waals surface area contributed by atoms with E-state index < -0.39 is 22.4 Å². The summed E-state index contributed by atoms with van der Waals surface area (Å²) in [7, 11) is -1.82. The first-order chi connectivity index (χ1) is 14.8. The molecule has 0 radical (unpaired) electrons. The Balaban J connectivity index is 1.64. The maximum atomic E-state index is 11.4. The zero-order valence-electron chi connectivity index (χ0n) is 17.4. The first-order valence-electron chi connectivity index (χ1n) is 9.76. The van der Waals surface area contributed by atoms with E-state index in [0.717, 1.165) is 23.0 Å². The third-order valence-corrected chi connectivity index (χ3v) is 5.81. The number of anilines is 3. The molecule has 1 aromatic carbocycles. The van der Waals surface area contributed by atoms with Crippen LogP contribution in [0.4, 0.5) is 17.2 Å². The van der Waals surface area contributed by atoms with Crippen LogP contribution in [0.1, 0.15) is 18.2 Å². The van der Waals surface area contributed by atoms with E-state index in [-0.39, 0.29) is 6.04 Å². The number of aliphatic hydroxyl groups excluding tert-OH is 1. The monoisotopic (exact) mass is 447 g/mol. The fourth-order valence-electron chi connectivity index (χ4n) is 3.89. The standard InChI is InChI=1S/C20H25N5O5S/c1-12-10-15-18(23-13-4-6-14(7-5-13)24-31(3,27)28)21-11-22-19(15)25(12)16-8-9-30-20(29-2)17(16)26/h4-7,10-11,16-17,20,24,26H,8-9H2,1-3H3,(H,21,22,23)/t16-,17+,20-/m0/s1. The predicted octanol–water partition coefficient (Wildman–Crippen LogP) is 2.15. The first-order valence-corrected chi connectivity index (χ1v) is 11.7. The minimum absolute atomic E-state index is 0.236. The second-order valence-corrected chi connectivity index (χ2v) is 9.26. The van der Waals surface area contributed by atoms with Crippen molar-refractivity contribution in [1.29, 1.82) is 0 Å². The van der Waals surface area contributed by atoms with Crippen molar-refractivity contribution in [2.24, 2.45) is 0 Å². The Hall–Kier alpha value is -2.73. The third-order valence-electron chi connectivity index (χ3n) is 5.21. The highest BCUT2D eigenvalue weighted by Gasteiger charge is 2.35. The number of aryl methyl sites for hydroxylation is 1. The average Bonchev–Trinajstić information content (AvgIpc) is 3.05. The number of nitrogens with one attached hydrogen (secondary N) is 2. The molecular formula is C20H25N5O5S. The maximum Gasteiger partial charge on any atom is 0.229 e. The fourth-order valence-corrected chi connectivity index (χ4v) is 4.46. The molecule has 0 spiro atoms. The molecule has 11 heteroatoms. The van der Waals surface area contributed by atoms with Crippen LogP contribution >= 0.6 is 0 Å². The number of methoxy groups -OCH3 is 1. The maximum absolute atomic E-state index is 11.4. The van der Waals surface area contributed by atoms with E-state index in [2.05, 4.69) is 20.0 Å². The minimum atomic E-state index is -3.33. The van der Waals surface area contributed by atoms with Crippen LogP contribution in [0.2, 0.25) is 0 Å². The highest BCUT2D eigenvalue weighted by molar-refractivity contribution is 7.92. The molecule has 3 aromatic rings. The Bertz CT molecular complexity index is 1180. The second-order valence-electron chi connectivity index (χ2n) is 7.51. The summed E-state index contributed by atoms with van der Waals surface area (Å²) >= 11 is 0. The van der Waals surface area contributed by atoms with Crippen molar-refractivity contribution in [2.75, 3.05) is 30.0 Å². The lowest BCUT2D eigenvalue weighted by Crippen LogP contribution is -2.43. The van der Waals surface area contributed by atoms with Crippen LogP contribution in [-0.4, -0.2) is 60.4 Å². The van der Waals surface area contributed by atoms with Crippen molar-refractivity contribution in [1.82, 2.24) is 14.5 Å². The van der Waals surface area contributed by atoms with Crippen LogP contribution in [-0.2, 0) is 19.5 Å². The Morgan fingerprint density at radius 3 is 2.61 bits per heavy atom. The highest BCUT2D eigenvalue weighted by Crippen LogP contribution is 2.34. The molecule has 31 heavy (non-hydrogen) atoms. The minimum Gasteiger partial charge on any atom is -0.386 e. The van der Waals surface area contributed by atoms with E-state index >= 15 is 0 Å². The summed E-state index contributed by atoms with van der Waals surface area (Å²) in [5, 5.41) is 14.8. The summed E-state index contributed by atoms with van der Waals surface area (Å²) in [5.41, 5.74) is 2.86. The van der Waals surface area contributed by atoms with Crippen molar-refractivity contribution in [3.05, 3.63) is 42.4 Å². The first kappa shape index (κ1) is 21.5. The number of nitrogens with zero attached hydrogens (tertiary/aromatic N) is 3. The average molecular weight is 448 g/mol. The molecule has 4 rings (SSSR count). The van der Waals surface area contributed by atoms with Crippen LogP contribution in [0, 0.1) is 6.92 Å². The zero-order valence-corrected chi connectivity index (χ0v) is 18.3. The van der Waals surface area contributed by atoms with Gasteiger partial charge in [-0.1, -0.05) is 0 Å². The molecule has 0 amide bonds. The molecular weight excluding hydrogens is 422 g/mol. The summed E-state index contributed by atoms with van der Waals surface area (Å²) in [6.45, 7) is 2.44. The Morgan fingerprint density at radius 2 is 1.94 bits per heavy atom. The van der Waals surface area contributed by atoms with Gasteiger partial charge in [-0.3, -0.25) is 4.72 Å². The van der Waals surface area contributed by atoms with Crippen molar-refractivity contribution in [3.8, 4) is 0 Å². The van der Waals surface area contributed by atoms with Gasteiger partial charge >= 0.3 is 0 Å². The molecule has 0 aliphatic carbocycles. The van der Waals surface area contributed by atoms with Gasteiger partial charge in [0, 0.05) is 24.2 Å². The zero-order chi connectivity index (χ0) is 22.2. The summed E-state index contributed by atoms with van der Waals surface area (Å²) in [5.74, 6) is 0.612. The lowest BCUT2D eigenvalue weighted by Gasteiger charge is -2.35. The van der Waals surface area contributed by atoms with Gasteiger partial charge in [-0.2, -0.15) is 0 Å². The molecule has 3 heterocycles. The van der Waals surface area contributed by atoms with Crippen molar-refractivity contribution < 1.29 is 23.0 Å². The number of aromatic nitrogens is 3. The number of ether oxygens (including phenoxy) is 2. The normalized spacial score (nSPS) is 21.9. The summed E-state index contributed by atoms with van der Waals surface area (Å²) < 4.78 is 37.9. The Labute approximate surface area is 180 Å². The number of hydrogen-bond acceptors (Lipinski definition) is 8. The molecule has 0 saturated carbocycles. The third kappa shape index (κ3) is 4.49. The molecule has 1 saturated heterocycles. The smallest absolute Gasteiger partial charge is 0.229 e. The van der Waals surface area contributed by atoms with Gasteiger partial charge in [-0.15, -0.1) is 0 Å². The van der Waals surface area contributed by atoms with Crippen LogP contribution in [0.3, 0.4) is 0 Å². The molecule has 10 nitrogen and oxygen atoms in total. The molecule has 1 aliphatic rings. The number of rotatable bonds is 6. The van der Waals surface area contributed by atoms with Crippen LogP contribution in [0.15, 0.2) is 36.7 Å². The number of fused-ring (bicyclic) bond motifs is 1. The molecule has 1 fully saturated rings. The van der Waals surface area contributed by atoms with E-state index in [1.54, 1.807) is 24.3 Å². The van der Waals surface area contributed by atoms with Gasteiger partial charge in [0.15, 0.2) is 6.29 Å². The van der Waals surface area contributed by atoms with E-state index in [1.807, 2.05) is 17.6 Å². The van der Waals surface area contributed by atoms with Gasteiger partial charge in [-0.25, -0.2) is 18.4 Å². The van der Waals surface area contributed by atoms with E-state index in [4.69, 9.17) is 9.47 Å². The van der Waals surface area contributed by atoms with Gasteiger partial charge in [0.2, 0.25) is 10.0 Å². The number of aliphatic hydroxyl groups is 1. The fraction of sp³-hybridized carbons (Fsp3) is 0.400.